The number of aromatic nitrogens is 1. The Morgan fingerprint density at radius 3 is 2.89 bits per heavy atom. The van der Waals surface area contributed by atoms with Gasteiger partial charge in [0.05, 0.1) is 0 Å². The highest BCUT2D eigenvalue weighted by Crippen LogP contribution is 2.21. The van der Waals surface area contributed by atoms with Crippen LogP contribution in [0.4, 0.5) is 5.82 Å². The van der Waals surface area contributed by atoms with Crippen LogP contribution in [-0.2, 0) is 0 Å². The van der Waals surface area contributed by atoms with Gasteiger partial charge < -0.3 is 5.32 Å². The Bertz CT molecular complexity index is 493. The van der Waals surface area contributed by atoms with Gasteiger partial charge in [-0.15, -0.1) is 11.6 Å². The summed E-state index contributed by atoms with van der Waals surface area (Å²) in [5.41, 5.74) is 0. The van der Waals surface area contributed by atoms with E-state index >= 15 is 0 Å². The van der Waals surface area contributed by atoms with Crippen LogP contribution in [0.3, 0.4) is 0 Å². The summed E-state index contributed by atoms with van der Waals surface area (Å²) in [6.45, 7) is 3.14. The van der Waals surface area contributed by atoms with Crippen molar-refractivity contribution in [1.82, 2.24) is 4.98 Å². The number of halogens is 1. The van der Waals surface area contributed by atoms with Gasteiger partial charge in [0.25, 0.3) is 0 Å². The third-order valence-electron chi connectivity index (χ3n) is 3.33. The summed E-state index contributed by atoms with van der Waals surface area (Å²) in [4.78, 5) is 4.43. The van der Waals surface area contributed by atoms with Gasteiger partial charge in [-0.25, -0.2) is 4.98 Å². The molecule has 1 aromatic carbocycles. The summed E-state index contributed by atoms with van der Waals surface area (Å²) >= 11 is 5.81. The molecule has 0 aliphatic carbocycles. The van der Waals surface area contributed by atoms with E-state index in [2.05, 4.69) is 35.4 Å². The van der Waals surface area contributed by atoms with Crippen LogP contribution < -0.4 is 5.32 Å². The number of nitrogens with zero attached hydrogens (tertiary/aromatic N) is 1. The highest BCUT2D eigenvalue weighted by atomic mass is 35.5. The summed E-state index contributed by atoms with van der Waals surface area (Å²) in [6, 6.07) is 10.3. The third-order valence-corrected chi connectivity index (χ3v) is 3.54. The quantitative estimate of drug-likeness (QED) is 0.785. The van der Waals surface area contributed by atoms with Crippen molar-refractivity contribution in [3.8, 4) is 0 Å². The van der Waals surface area contributed by atoms with Crippen LogP contribution in [0.2, 0.25) is 0 Å². The topological polar surface area (TPSA) is 24.9 Å². The molecular formula is C15H19ClN2. The lowest BCUT2D eigenvalue weighted by atomic mass is 10.0. The third kappa shape index (κ3) is 3.14. The second-order valence-corrected chi connectivity index (χ2v) is 4.89. The average Bonchev–Trinajstić information content (AvgIpc) is 2.43. The molecule has 0 amide bonds. The zero-order valence-corrected chi connectivity index (χ0v) is 11.5. The molecule has 96 valence electrons. The van der Waals surface area contributed by atoms with Crippen LogP contribution in [0.25, 0.3) is 10.8 Å². The van der Waals surface area contributed by atoms with Gasteiger partial charge in [-0.05, 0) is 23.8 Å². The Hall–Kier alpha value is -1.28. The smallest absolute Gasteiger partial charge is 0.133 e. The maximum absolute atomic E-state index is 5.81. The molecule has 2 nitrogen and oxygen atoms in total. The van der Waals surface area contributed by atoms with Gasteiger partial charge in [0.15, 0.2) is 0 Å². The first-order valence-corrected chi connectivity index (χ1v) is 7.02. The van der Waals surface area contributed by atoms with Gasteiger partial charge in [-0.2, -0.15) is 0 Å². The van der Waals surface area contributed by atoms with E-state index in [0.717, 1.165) is 31.1 Å². The van der Waals surface area contributed by atoms with Crippen LogP contribution in [0.15, 0.2) is 36.5 Å². The van der Waals surface area contributed by atoms with Crippen molar-refractivity contribution in [3.05, 3.63) is 36.5 Å². The van der Waals surface area contributed by atoms with E-state index in [9.17, 15) is 0 Å². The molecule has 1 unspecified atom stereocenters. The van der Waals surface area contributed by atoms with E-state index in [0.29, 0.717) is 5.92 Å². The number of nitrogens with one attached hydrogen (secondary N) is 1. The van der Waals surface area contributed by atoms with Gasteiger partial charge in [0.1, 0.15) is 5.82 Å². The molecule has 1 atom stereocenters. The van der Waals surface area contributed by atoms with Crippen LogP contribution in [0.5, 0.6) is 0 Å². The van der Waals surface area contributed by atoms with E-state index in [4.69, 9.17) is 11.6 Å². The average molecular weight is 263 g/mol. The van der Waals surface area contributed by atoms with Gasteiger partial charge in [-0.1, -0.05) is 37.6 Å². The molecule has 1 heterocycles. The van der Waals surface area contributed by atoms with Gasteiger partial charge >= 0.3 is 0 Å². The van der Waals surface area contributed by atoms with E-state index in [1.54, 1.807) is 0 Å². The summed E-state index contributed by atoms with van der Waals surface area (Å²) in [5, 5.41) is 5.86. The fourth-order valence-corrected chi connectivity index (χ4v) is 2.41. The molecule has 0 saturated heterocycles. The maximum Gasteiger partial charge on any atom is 0.133 e. The van der Waals surface area contributed by atoms with Crippen LogP contribution in [0.1, 0.15) is 19.8 Å². The normalized spacial score (nSPS) is 12.6. The molecule has 2 aromatic rings. The number of hydrogen-bond donors (Lipinski definition) is 1. The predicted molar refractivity (Wildman–Crippen MR) is 79.4 cm³/mol. The minimum atomic E-state index is 0.614. The number of fused-ring (bicyclic) bond motifs is 1. The van der Waals surface area contributed by atoms with Crippen molar-refractivity contribution in [2.24, 2.45) is 5.92 Å². The van der Waals surface area contributed by atoms with E-state index in [1.165, 1.54) is 10.8 Å². The maximum atomic E-state index is 5.81. The van der Waals surface area contributed by atoms with Gasteiger partial charge in [0, 0.05) is 24.0 Å². The van der Waals surface area contributed by atoms with Crippen molar-refractivity contribution in [2.45, 2.75) is 19.8 Å². The summed E-state index contributed by atoms with van der Waals surface area (Å²) < 4.78 is 0. The highest BCUT2D eigenvalue weighted by Gasteiger charge is 2.07. The highest BCUT2D eigenvalue weighted by molar-refractivity contribution is 6.17. The fraction of sp³-hybridized carbons (Fsp3) is 0.400. The Morgan fingerprint density at radius 1 is 1.28 bits per heavy atom. The first kappa shape index (κ1) is 13.2. The molecule has 0 aliphatic heterocycles. The largest absolute Gasteiger partial charge is 0.369 e. The molecule has 18 heavy (non-hydrogen) atoms. The Balaban J connectivity index is 2.11. The fourth-order valence-electron chi connectivity index (χ4n) is 2.11. The molecule has 0 bridgehead atoms. The summed E-state index contributed by atoms with van der Waals surface area (Å²) in [6.07, 6.45) is 4.05. The zero-order chi connectivity index (χ0) is 12.8. The second kappa shape index (κ2) is 6.60. The number of benzene rings is 1. The Labute approximate surface area is 113 Å². The minimum absolute atomic E-state index is 0.614. The monoisotopic (exact) mass is 262 g/mol. The standard InChI is InChI=1S/C15H19ClN2/c1-2-12(7-9-16)11-18-15-14-6-4-3-5-13(14)8-10-17-15/h3-6,8,10,12H,2,7,9,11H2,1H3,(H,17,18). The van der Waals surface area contributed by atoms with E-state index in [1.807, 2.05) is 18.3 Å². The molecular weight excluding hydrogens is 244 g/mol. The second-order valence-electron chi connectivity index (χ2n) is 4.51. The van der Waals surface area contributed by atoms with E-state index in [-0.39, 0.29) is 0 Å². The van der Waals surface area contributed by atoms with Crippen LogP contribution in [0, 0.1) is 5.92 Å². The first-order valence-electron chi connectivity index (χ1n) is 6.48. The van der Waals surface area contributed by atoms with Crippen LogP contribution >= 0.6 is 11.6 Å². The van der Waals surface area contributed by atoms with Crippen molar-refractivity contribution >= 4 is 28.2 Å². The number of hydrogen-bond acceptors (Lipinski definition) is 2. The first-order chi connectivity index (χ1) is 8.85. The van der Waals surface area contributed by atoms with Crippen molar-refractivity contribution < 1.29 is 0 Å². The lowest BCUT2D eigenvalue weighted by molar-refractivity contribution is 0.521. The summed E-state index contributed by atoms with van der Waals surface area (Å²) in [5.74, 6) is 2.31. The van der Waals surface area contributed by atoms with Gasteiger partial charge in [-0.3, -0.25) is 0 Å². The lowest BCUT2D eigenvalue weighted by Crippen LogP contribution is -2.15. The SMILES string of the molecule is CCC(CCCl)CNc1nccc2ccccc12. The summed E-state index contributed by atoms with van der Waals surface area (Å²) in [7, 11) is 0. The molecule has 3 heteroatoms. The molecule has 0 fully saturated rings. The molecule has 1 aromatic heterocycles. The minimum Gasteiger partial charge on any atom is -0.369 e. The van der Waals surface area contributed by atoms with Crippen LogP contribution in [-0.4, -0.2) is 17.4 Å². The molecule has 0 spiro atoms. The van der Waals surface area contributed by atoms with Gasteiger partial charge in [0.2, 0.25) is 0 Å². The molecule has 1 N–H and O–H groups in total. The van der Waals surface area contributed by atoms with E-state index < -0.39 is 0 Å². The Kier molecular flexibility index (Phi) is 4.82. The number of alkyl halides is 1. The molecule has 0 radical (unpaired) electrons. The predicted octanol–water partition coefficient (Wildman–Crippen LogP) is 4.30. The Morgan fingerprint density at radius 2 is 2.11 bits per heavy atom. The van der Waals surface area contributed by atoms with Crippen molar-refractivity contribution in [1.29, 1.82) is 0 Å². The molecule has 2 rings (SSSR count). The van der Waals surface area contributed by atoms with Crippen molar-refractivity contribution in [2.75, 3.05) is 17.7 Å². The number of pyridine rings is 1. The zero-order valence-electron chi connectivity index (χ0n) is 10.7. The van der Waals surface area contributed by atoms with Crippen molar-refractivity contribution in [3.63, 3.8) is 0 Å². The molecule has 0 aliphatic rings. The number of anilines is 1. The molecule has 0 saturated carbocycles. The lowest BCUT2D eigenvalue weighted by Gasteiger charge is -2.15. The number of rotatable bonds is 6.